The number of benzene rings is 2. The van der Waals surface area contributed by atoms with Crippen molar-refractivity contribution in [3.63, 3.8) is 0 Å². The molecule has 2 aromatic carbocycles. The molecule has 0 spiro atoms. The summed E-state index contributed by atoms with van der Waals surface area (Å²) < 4.78 is 5.10. The highest BCUT2D eigenvalue weighted by molar-refractivity contribution is 7.98. The number of rotatable bonds is 10. The molecule has 0 fully saturated rings. The third-order valence-corrected chi connectivity index (χ3v) is 5.01. The Hall–Kier alpha value is -2.91. The van der Waals surface area contributed by atoms with Gasteiger partial charge in [-0.05, 0) is 24.5 Å². The molecule has 2 rings (SSSR count). The third-order valence-electron chi connectivity index (χ3n) is 4.05. The Balaban J connectivity index is 2.05. The molecule has 0 saturated carbocycles. The van der Waals surface area contributed by atoms with Gasteiger partial charge in [0.15, 0.2) is 12.4 Å². The van der Waals surface area contributed by atoms with Gasteiger partial charge in [0.2, 0.25) is 0 Å². The van der Waals surface area contributed by atoms with Crippen LogP contribution in [0.2, 0.25) is 5.02 Å². The van der Waals surface area contributed by atoms with Crippen molar-refractivity contribution in [2.75, 3.05) is 18.6 Å². The molecule has 0 radical (unpaired) electrons. The van der Waals surface area contributed by atoms with Gasteiger partial charge in [0.05, 0.1) is 15.5 Å². The van der Waals surface area contributed by atoms with E-state index in [-0.39, 0.29) is 28.5 Å². The second-order valence-electron chi connectivity index (χ2n) is 6.13. The van der Waals surface area contributed by atoms with Gasteiger partial charge in [0.25, 0.3) is 11.6 Å². The molecule has 8 nitrogen and oxygen atoms in total. The number of nitrogens with zero attached hydrogens (tertiary/aromatic N) is 1. The molecular formula is C20H19ClN2O6S. The number of ketones is 1. The second-order valence-corrected chi connectivity index (χ2v) is 7.52. The molecule has 1 amide bonds. The molecular weight excluding hydrogens is 432 g/mol. The zero-order valence-electron chi connectivity index (χ0n) is 16.0. The van der Waals surface area contributed by atoms with Crippen molar-refractivity contribution in [2.45, 2.75) is 12.5 Å². The maximum atomic E-state index is 12.5. The van der Waals surface area contributed by atoms with Gasteiger partial charge >= 0.3 is 5.97 Å². The van der Waals surface area contributed by atoms with E-state index in [4.69, 9.17) is 16.3 Å². The monoisotopic (exact) mass is 450 g/mol. The molecule has 0 heterocycles. The molecule has 2 aromatic rings. The minimum atomic E-state index is -1.00. The second kappa shape index (κ2) is 11.3. The van der Waals surface area contributed by atoms with Crippen LogP contribution in [0.5, 0.6) is 0 Å². The van der Waals surface area contributed by atoms with Gasteiger partial charge in [-0.1, -0.05) is 41.9 Å². The number of non-ortho nitro benzene ring substituents is 1. The van der Waals surface area contributed by atoms with Gasteiger partial charge in [-0.15, -0.1) is 0 Å². The van der Waals surface area contributed by atoms with Gasteiger partial charge in [0.1, 0.15) is 6.04 Å². The molecule has 0 saturated heterocycles. The first-order valence-corrected chi connectivity index (χ1v) is 10.6. The number of carbonyl (C=O) groups excluding carboxylic acids is 3. The Kier molecular flexibility index (Phi) is 8.82. The minimum Gasteiger partial charge on any atom is -0.456 e. The van der Waals surface area contributed by atoms with E-state index in [2.05, 4.69) is 5.32 Å². The number of carbonyl (C=O) groups is 3. The zero-order chi connectivity index (χ0) is 22.1. The molecule has 0 aliphatic heterocycles. The van der Waals surface area contributed by atoms with Crippen LogP contribution >= 0.6 is 23.4 Å². The summed E-state index contributed by atoms with van der Waals surface area (Å²) in [7, 11) is 0. The first-order chi connectivity index (χ1) is 14.3. The van der Waals surface area contributed by atoms with Crippen molar-refractivity contribution < 1.29 is 24.0 Å². The predicted molar refractivity (Wildman–Crippen MR) is 114 cm³/mol. The Labute approximate surface area is 182 Å². The number of nitro benzene ring substituents is 1. The summed E-state index contributed by atoms with van der Waals surface area (Å²) in [4.78, 5) is 47.3. The molecule has 158 valence electrons. The van der Waals surface area contributed by atoms with Crippen molar-refractivity contribution in [2.24, 2.45) is 0 Å². The number of nitro groups is 1. The molecule has 0 aliphatic carbocycles. The Bertz CT molecular complexity index is 938. The summed E-state index contributed by atoms with van der Waals surface area (Å²) in [5, 5.41) is 13.2. The number of hydrogen-bond donors (Lipinski definition) is 1. The highest BCUT2D eigenvalue weighted by Gasteiger charge is 2.25. The number of Topliss-reactive ketones (excluding diaryl/α,β-unsaturated/α-hetero) is 1. The Morgan fingerprint density at radius 2 is 1.90 bits per heavy atom. The Morgan fingerprint density at radius 1 is 1.20 bits per heavy atom. The third kappa shape index (κ3) is 6.57. The number of thioether (sulfide) groups is 1. The number of nitrogens with one attached hydrogen (secondary N) is 1. The number of esters is 1. The van der Waals surface area contributed by atoms with Gasteiger partial charge in [-0.3, -0.25) is 19.7 Å². The standard InChI is InChI=1S/C20H19ClN2O6S/c1-30-10-9-17(20(26)29-12-18(24)13-5-3-2-4-6-13)22-19(25)15-8-7-14(23(27)28)11-16(15)21/h2-8,11,17H,9-10,12H2,1H3,(H,22,25)/t17-/m0/s1. The smallest absolute Gasteiger partial charge is 0.329 e. The van der Waals surface area contributed by atoms with Crippen molar-refractivity contribution >= 4 is 46.7 Å². The summed E-state index contributed by atoms with van der Waals surface area (Å²) in [6, 6.07) is 10.8. The van der Waals surface area contributed by atoms with E-state index in [1.807, 2.05) is 6.26 Å². The lowest BCUT2D eigenvalue weighted by Gasteiger charge is -2.17. The number of amides is 1. The van der Waals surface area contributed by atoms with Gasteiger partial charge in [0, 0.05) is 17.7 Å². The van der Waals surface area contributed by atoms with E-state index in [1.165, 1.54) is 17.8 Å². The number of ether oxygens (including phenoxy) is 1. The van der Waals surface area contributed by atoms with Gasteiger partial charge < -0.3 is 10.1 Å². The lowest BCUT2D eigenvalue weighted by molar-refractivity contribution is -0.384. The highest BCUT2D eigenvalue weighted by Crippen LogP contribution is 2.22. The van der Waals surface area contributed by atoms with Crippen LogP contribution in [0.1, 0.15) is 27.1 Å². The summed E-state index contributed by atoms with van der Waals surface area (Å²) in [5.41, 5.74) is 0.145. The van der Waals surface area contributed by atoms with Crippen LogP contribution in [0.15, 0.2) is 48.5 Å². The van der Waals surface area contributed by atoms with E-state index in [0.29, 0.717) is 11.3 Å². The number of hydrogen-bond acceptors (Lipinski definition) is 7. The van der Waals surface area contributed by atoms with Crippen LogP contribution < -0.4 is 5.32 Å². The SMILES string of the molecule is CSCC[C@H](NC(=O)c1ccc([N+](=O)[O-])cc1Cl)C(=O)OCC(=O)c1ccccc1. The summed E-state index contributed by atoms with van der Waals surface area (Å²) in [6.07, 6.45) is 2.12. The summed E-state index contributed by atoms with van der Waals surface area (Å²) in [6.45, 7) is -0.452. The molecule has 0 aromatic heterocycles. The first kappa shape index (κ1) is 23.4. The summed E-state index contributed by atoms with van der Waals surface area (Å²) >= 11 is 7.45. The normalized spacial score (nSPS) is 11.4. The molecule has 30 heavy (non-hydrogen) atoms. The van der Waals surface area contributed by atoms with E-state index in [9.17, 15) is 24.5 Å². The fourth-order valence-electron chi connectivity index (χ4n) is 2.47. The van der Waals surface area contributed by atoms with Crippen molar-refractivity contribution in [3.8, 4) is 0 Å². The minimum absolute atomic E-state index is 0.00965. The average molecular weight is 451 g/mol. The van der Waals surface area contributed by atoms with E-state index < -0.39 is 29.4 Å². The van der Waals surface area contributed by atoms with E-state index in [0.717, 1.165) is 12.1 Å². The van der Waals surface area contributed by atoms with Crippen LogP contribution in [0.3, 0.4) is 0 Å². The maximum absolute atomic E-state index is 12.5. The van der Waals surface area contributed by atoms with E-state index in [1.54, 1.807) is 30.3 Å². The lowest BCUT2D eigenvalue weighted by Crippen LogP contribution is -2.42. The highest BCUT2D eigenvalue weighted by atomic mass is 35.5. The first-order valence-electron chi connectivity index (χ1n) is 8.82. The fourth-order valence-corrected chi connectivity index (χ4v) is 3.20. The quantitative estimate of drug-likeness (QED) is 0.255. The van der Waals surface area contributed by atoms with Gasteiger partial charge in [-0.2, -0.15) is 11.8 Å². The van der Waals surface area contributed by atoms with E-state index >= 15 is 0 Å². The zero-order valence-corrected chi connectivity index (χ0v) is 17.6. The predicted octanol–water partition coefficient (Wildman–Crippen LogP) is 3.53. The van der Waals surface area contributed by atoms with Crippen LogP contribution in [0, 0.1) is 10.1 Å². The topological polar surface area (TPSA) is 116 Å². The molecule has 0 aliphatic rings. The Morgan fingerprint density at radius 3 is 2.50 bits per heavy atom. The molecule has 0 bridgehead atoms. The van der Waals surface area contributed by atoms with Crippen molar-refractivity contribution in [3.05, 3.63) is 74.8 Å². The van der Waals surface area contributed by atoms with Crippen LogP contribution in [-0.4, -0.2) is 47.2 Å². The largest absolute Gasteiger partial charge is 0.456 e. The van der Waals surface area contributed by atoms with Crippen LogP contribution in [0.4, 0.5) is 5.69 Å². The van der Waals surface area contributed by atoms with Crippen molar-refractivity contribution in [1.82, 2.24) is 5.32 Å². The van der Waals surface area contributed by atoms with Gasteiger partial charge in [-0.25, -0.2) is 4.79 Å². The molecule has 0 unspecified atom stereocenters. The summed E-state index contributed by atoms with van der Waals surface area (Å²) in [5.74, 6) is -1.23. The average Bonchev–Trinajstić information content (AvgIpc) is 2.74. The molecule has 1 N–H and O–H groups in total. The molecule has 10 heteroatoms. The van der Waals surface area contributed by atoms with Crippen LogP contribution in [0.25, 0.3) is 0 Å². The maximum Gasteiger partial charge on any atom is 0.329 e. The lowest BCUT2D eigenvalue weighted by atomic mass is 10.1. The number of halogens is 1. The van der Waals surface area contributed by atoms with Crippen LogP contribution in [-0.2, 0) is 9.53 Å². The van der Waals surface area contributed by atoms with Crippen molar-refractivity contribution in [1.29, 1.82) is 0 Å². The molecule has 1 atom stereocenters. The fraction of sp³-hybridized carbons (Fsp3) is 0.250.